The molecule has 0 atom stereocenters. The van der Waals surface area contributed by atoms with Crippen molar-refractivity contribution in [1.29, 1.82) is 0 Å². The van der Waals surface area contributed by atoms with Gasteiger partial charge in [-0.3, -0.25) is 0 Å². The number of rotatable bonds is 2. The minimum atomic E-state index is 0.893. The Labute approximate surface area is 90.0 Å². The van der Waals surface area contributed by atoms with E-state index in [0.29, 0.717) is 0 Å². The Hall–Kier alpha value is -1.83. The second-order valence-corrected chi connectivity index (χ2v) is 3.66. The molecule has 2 nitrogen and oxygen atoms in total. The van der Waals surface area contributed by atoms with Gasteiger partial charge in [-0.15, -0.1) is 0 Å². The smallest absolute Gasteiger partial charge is 0.130 e. The highest BCUT2D eigenvalue weighted by atomic mass is 15.0. The fourth-order valence-corrected chi connectivity index (χ4v) is 1.46. The Morgan fingerprint density at radius 2 is 1.87 bits per heavy atom. The fourth-order valence-electron chi connectivity index (χ4n) is 1.46. The molecule has 1 N–H and O–H groups in total. The van der Waals surface area contributed by atoms with Crippen LogP contribution in [0.5, 0.6) is 0 Å². The second-order valence-electron chi connectivity index (χ2n) is 3.66. The van der Waals surface area contributed by atoms with Crippen LogP contribution in [0.2, 0.25) is 0 Å². The minimum absolute atomic E-state index is 0.893. The standard InChI is InChI=1S/C13H14N2/c1-10-7-8-14-13(9-10)15-12-6-4-3-5-11(12)2/h3-9H,1-2H3,(H,14,15). The Morgan fingerprint density at radius 1 is 1.07 bits per heavy atom. The number of nitrogens with zero attached hydrogens (tertiary/aromatic N) is 1. The molecule has 1 aromatic heterocycles. The van der Waals surface area contributed by atoms with Crippen LogP contribution in [0.4, 0.5) is 11.5 Å². The van der Waals surface area contributed by atoms with E-state index in [4.69, 9.17) is 0 Å². The van der Waals surface area contributed by atoms with Gasteiger partial charge in [0.25, 0.3) is 0 Å². The van der Waals surface area contributed by atoms with Crippen molar-refractivity contribution in [2.45, 2.75) is 13.8 Å². The Morgan fingerprint density at radius 3 is 2.60 bits per heavy atom. The number of aromatic nitrogens is 1. The molecule has 0 aliphatic rings. The number of hydrogen-bond acceptors (Lipinski definition) is 2. The topological polar surface area (TPSA) is 24.9 Å². The molecule has 1 heterocycles. The zero-order chi connectivity index (χ0) is 10.7. The van der Waals surface area contributed by atoms with E-state index in [0.717, 1.165) is 11.5 Å². The molecule has 0 aliphatic heterocycles. The average molecular weight is 198 g/mol. The van der Waals surface area contributed by atoms with E-state index in [2.05, 4.69) is 36.3 Å². The van der Waals surface area contributed by atoms with Crippen LogP contribution in [0.25, 0.3) is 0 Å². The first-order valence-corrected chi connectivity index (χ1v) is 5.01. The van der Waals surface area contributed by atoms with Crippen molar-refractivity contribution in [3.05, 3.63) is 53.7 Å². The van der Waals surface area contributed by atoms with Crippen LogP contribution >= 0.6 is 0 Å². The Bertz CT molecular complexity index is 464. The zero-order valence-electron chi connectivity index (χ0n) is 8.99. The summed E-state index contributed by atoms with van der Waals surface area (Å²) in [5, 5.41) is 3.30. The summed E-state index contributed by atoms with van der Waals surface area (Å²) in [5.41, 5.74) is 3.54. The van der Waals surface area contributed by atoms with Gasteiger partial charge in [-0.25, -0.2) is 4.98 Å². The third-order valence-electron chi connectivity index (χ3n) is 2.32. The van der Waals surface area contributed by atoms with Gasteiger partial charge in [-0.05, 0) is 43.2 Å². The largest absolute Gasteiger partial charge is 0.340 e. The van der Waals surface area contributed by atoms with Crippen molar-refractivity contribution in [2.24, 2.45) is 0 Å². The van der Waals surface area contributed by atoms with Gasteiger partial charge >= 0.3 is 0 Å². The van der Waals surface area contributed by atoms with E-state index >= 15 is 0 Å². The van der Waals surface area contributed by atoms with Gasteiger partial charge in [0.2, 0.25) is 0 Å². The maximum Gasteiger partial charge on any atom is 0.130 e. The van der Waals surface area contributed by atoms with E-state index in [1.165, 1.54) is 11.1 Å². The maximum absolute atomic E-state index is 4.26. The predicted octanol–water partition coefficient (Wildman–Crippen LogP) is 3.44. The SMILES string of the molecule is Cc1ccnc(Nc2ccccc2C)c1. The Kier molecular flexibility index (Phi) is 2.68. The molecule has 2 heteroatoms. The van der Waals surface area contributed by atoms with Crippen LogP contribution in [0, 0.1) is 13.8 Å². The molecule has 0 saturated carbocycles. The molecule has 0 fully saturated rings. The molecule has 0 radical (unpaired) electrons. The molecule has 0 spiro atoms. The first kappa shape index (κ1) is 9.71. The van der Waals surface area contributed by atoms with Gasteiger partial charge in [-0.2, -0.15) is 0 Å². The monoisotopic (exact) mass is 198 g/mol. The fraction of sp³-hybridized carbons (Fsp3) is 0.154. The van der Waals surface area contributed by atoms with Crippen LogP contribution in [-0.4, -0.2) is 4.98 Å². The normalized spacial score (nSPS) is 10.0. The van der Waals surface area contributed by atoms with Crippen molar-refractivity contribution in [3.63, 3.8) is 0 Å². The third-order valence-corrected chi connectivity index (χ3v) is 2.32. The number of nitrogens with one attached hydrogen (secondary N) is 1. The molecule has 2 aromatic rings. The van der Waals surface area contributed by atoms with E-state index in [9.17, 15) is 0 Å². The maximum atomic E-state index is 4.26. The van der Waals surface area contributed by atoms with Gasteiger partial charge in [0.1, 0.15) is 5.82 Å². The number of hydrogen-bond donors (Lipinski definition) is 1. The number of anilines is 2. The first-order chi connectivity index (χ1) is 7.25. The summed E-state index contributed by atoms with van der Waals surface area (Å²) in [5.74, 6) is 0.893. The van der Waals surface area contributed by atoms with Crippen LogP contribution < -0.4 is 5.32 Å². The van der Waals surface area contributed by atoms with Crippen molar-refractivity contribution in [1.82, 2.24) is 4.98 Å². The van der Waals surface area contributed by atoms with E-state index in [-0.39, 0.29) is 0 Å². The van der Waals surface area contributed by atoms with Gasteiger partial charge in [0, 0.05) is 11.9 Å². The number of benzene rings is 1. The van der Waals surface area contributed by atoms with Crippen molar-refractivity contribution in [3.8, 4) is 0 Å². The van der Waals surface area contributed by atoms with Crippen molar-refractivity contribution < 1.29 is 0 Å². The second kappa shape index (κ2) is 4.13. The van der Waals surface area contributed by atoms with E-state index < -0.39 is 0 Å². The lowest BCUT2D eigenvalue weighted by atomic mass is 10.2. The highest BCUT2D eigenvalue weighted by Crippen LogP contribution is 2.18. The predicted molar refractivity (Wildman–Crippen MR) is 63.4 cm³/mol. The molecule has 15 heavy (non-hydrogen) atoms. The average Bonchev–Trinajstić information content (AvgIpc) is 2.22. The zero-order valence-corrected chi connectivity index (χ0v) is 8.99. The molecule has 1 aromatic carbocycles. The minimum Gasteiger partial charge on any atom is -0.340 e. The summed E-state index contributed by atoms with van der Waals surface area (Å²) < 4.78 is 0. The van der Waals surface area contributed by atoms with Gasteiger partial charge in [0.05, 0.1) is 0 Å². The molecule has 2 rings (SSSR count). The van der Waals surface area contributed by atoms with E-state index in [1.54, 1.807) is 0 Å². The van der Waals surface area contributed by atoms with Crippen LogP contribution in [0.15, 0.2) is 42.6 Å². The quantitative estimate of drug-likeness (QED) is 0.799. The highest BCUT2D eigenvalue weighted by molar-refractivity contribution is 5.60. The molecule has 0 aliphatic carbocycles. The summed E-state index contributed by atoms with van der Waals surface area (Å²) in [6, 6.07) is 12.2. The molecule has 0 amide bonds. The number of aryl methyl sites for hydroxylation is 2. The van der Waals surface area contributed by atoms with Crippen LogP contribution in [0.1, 0.15) is 11.1 Å². The van der Waals surface area contributed by atoms with E-state index in [1.807, 2.05) is 30.5 Å². The lowest BCUT2D eigenvalue weighted by Gasteiger charge is -2.08. The molecule has 0 saturated heterocycles. The summed E-state index contributed by atoms with van der Waals surface area (Å²) in [6.45, 7) is 4.14. The lowest BCUT2D eigenvalue weighted by molar-refractivity contribution is 1.27. The van der Waals surface area contributed by atoms with Gasteiger partial charge in [-0.1, -0.05) is 18.2 Å². The first-order valence-electron chi connectivity index (χ1n) is 5.01. The molecule has 0 unspecified atom stereocenters. The number of pyridine rings is 1. The molecule has 0 bridgehead atoms. The summed E-state index contributed by atoms with van der Waals surface area (Å²) in [6.07, 6.45) is 1.82. The van der Waals surface area contributed by atoms with Crippen molar-refractivity contribution in [2.75, 3.05) is 5.32 Å². The van der Waals surface area contributed by atoms with Gasteiger partial charge < -0.3 is 5.32 Å². The third kappa shape index (κ3) is 2.34. The summed E-state index contributed by atoms with van der Waals surface area (Å²) in [4.78, 5) is 4.26. The van der Waals surface area contributed by atoms with Crippen LogP contribution in [-0.2, 0) is 0 Å². The molecule has 76 valence electrons. The Balaban J connectivity index is 2.26. The van der Waals surface area contributed by atoms with Crippen LogP contribution in [0.3, 0.4) is 0 Å². The molecular weight excluding hydrogens is 184 g/mol. The highest BCUT2D eigenvalue weighted by Gasteiger charge is 1.98. The number of para-hydroxylation sites is 1. The molecular formula is C13H14N2. The summed E-state index contributed by atoms with van der Waals surface area (Å²) in [7, 11) is 0. The summed E-state index contributed by atoms with van der Waals surface area (Å²) >= 11 is 0. The lowest BCUT2D eigenvalue weighted by Crippen LogP contribution is -1.95. The van der Waals surface area contributed by atoms with Gasteiger partial charge in [0.15, 0.2) is 0 Å². The van der Waals surface area contributed by atoms with Crippen molar-refractivity contribution >= 4 is 11.5 Å².